The number of ether oxygens (including phenoxy) is 3. The molecule has 2 aromatic rings. The lowest BCUT2D eigenvalue weighted by Crippen LogP contribution is -2.41. The van der Waals surface area contributed by atoms with Crippen LogP contribution in [0.25, 0.3) is 0 Å². The molecule has 0 unspecified atom stereocenters. The van der Waals surface area contributed by atoms with Crippen LogP contribution in [0.1, 0.15) is 18.7 Å². The molecule has 0 radical (unpaired) electrons. The van der Waals surface area contributed by atoms with Crippen molar-refractivity contribution in [2.75, 3.05) is 39.7 Å². The number of amides is 1. The summed E-state index contributed by atoms with van der Waals surface area (Å²) in [6.45, 7) is 4.18. The van der Waals surface area contributed by atoms with Crippen molar-refractivity contribution < 1.29 is 19.0 Å². The fraction of sp³-hybridized carbons (Fsp3) is 0.421. The molecule has 1 amide bonds. The summed E-state index contributed by atoms with van der Waals surface area (Å²) >= 11 is 0. The summed E-state index contributed by atoms with van der Waals surface area (Å²) < 4.78 is 18.2. The van der Waals surface area contributed by atoms with E-state index in [1.54, 1.807) is 33.5 Å². The summed E-state index contributed by atoms with van der Waals surface area (Å²) in [7, 11) is 4.65. The van der Waals surface area contributed by atoms with Crippen LogP contribution in [-0.4, -0.2) is 49.8 Å². The van der Waals surface area contributed by atoms with E-state index in [0.29, 0.717) is 29.5 Å². The van der Waals surface area contributed by atoms with Gasteiger partial charge in [-0.15, -0.1) is 0 Å². The van der Waals surface area contributed by atoms with Crippen LogP contribution >= 0.6 is 0 Å². The maximum absolute atomic E-state index is 12.6. The predicted octanol–water partition coefficient (Wildman–Crippen LogP) is 2.53. The first-order chi connectivity index (χ1) is 12.6. The molecule has 0 saturated heterocycles. The molecule has 1 aliphatic rings. The summed E-state index contributed by atoms with van der Waals surface area (Å²) in [4.78, 5) is 14.7. The molecule has 140 valence electrons. The van der Waals surface area contributed by atoms with Crippen molar-refractivity contribution in [3.8, 4) is 17.2 Å². The third-order valence-electron chi connectivity index (χ3n) is 4.76. The van der Waals surface area contributed by atoms with Crippen molar-refractivity contribution >= 4 is 11.6 Å². The molecule has 0 bridgehead atoms. The smallest absolute Gasteiger partial charge is 0.238 e. The van der Waals surface area contributed by atoms with Gasteiger partial charge in [0.1, 0.15) is 0 Å². The average Bonchev–Trinajstić information content (AvgIpc) is 3.12. The highest BCUT2D eigenvalue weighted by molar-refractivity contribution is 5.93. The molecule has 0 fully saturated rings. The lowest BCUT2D eigenvalue weighted by Gasteiger charge is -2.34. The normalized spacial score (nSPS) is 16.7. The van der Waals surface area contributed by atoms with Crippen molar-refractivity contribution in [2.45, 2.75) is 19.5 Å². The number of rotatable bonds is 6. The molecule has 1 aromatic heterocycles. The highest BCUT2D eigenvalue weighted by Gasteiger charge is 2.25. The van der Waals surface area contributed by atoms with Crippen LogP contribution in [0, 0.1) is 0 Å². The Balaban J connectivity index is 1.71. The maximum Gasteiger partial charge on any atom is 0.238 e. The molecule has 7 nitrogen and oxygen atoms in total. The largest absolute Gasteiger partial charge is 0.493 e. The zero-order valence-electron chi connectivity index (χ0n) is 15.6. The lowest BCUT2D eigenvalue weighted by atomic mass is 10.1. The fourth-order valence-corrected chi connectivity index (χ4v) is 3.38. The molecular weight excluding hydrogens is 334 g/mol. The highest BCUT2D eigenvalue weighted by atomic mass is 16.5. The van der Waals surface area contributed by atoms with Gasteiger partial charge < -0.3 is 24.1 Å². The van der Waals surface area contributed by atoms with Crippen molar-refractivity contribution in [1.29, 1.82) is 0 Å². The number of nitrogens with zero attached hydrogens (tertiary/aromatic N) is 2. The van der Waals surface area contributed by atoms with Gasteiger partial charge in [-0.3, -0.25) is 9.69 Å². The van der Waals surface area contributed by atoms with E-state index >= 15 is 0 Å². The van der Waals surface area contributed by atoms with Gasteiger partial charge in [0.2, 0.25) is 11.7 Å². The van der Waals surface area contributed by atoms with Crippen molar-refractivity contribution in [2.24, 2.45) is 0 Å². The van der Waals surface area contributed by atoms with Crippen molar-refractivity contribution in [3.63, 3.8) is 0 Å². The summed E-state index contributed by atoms with van der Waals surface area (Å²) in [6, 6.07) is 7.80. The highest BCUT2D eigenvalue weighted by Crippen LogP contribution is 2.40. The average molecular weight is 359 g/mol. The Bertz CT molecular complexity index is 762. The van der Waals surface area contributed by atoms with E-state index in [1.807, 2.05) is 6.07 Å². The van der Waals surface area contributed by atoms with E-state index in [2.05, 4.69) is 34.0 Å². The number of hydrogen-bond acceptors (Lipinski definition) is 5. The van der Waals surface area contributed by atoms with Crippen LogP contribution in [0.15, 0.2) is 30.5 Å². The summed E-state index contributed by atoms with van der Waals surface area (Å²) in [5.41, 5.74) is 1.84. The molecule has 1 aliphatic heterocycles. The molecule has 3 rings (SSSR count). The number of nitrogens with one attached hydrogen (secondary N) is 1. The molecule has 2 heterocycles. The second-order valence-electron chi connectivity index (χ2n) is 6.24. The molecule has 26 heavy (non-hydrogen) atoms. The van der Waals surface area contributed by atoms with E-state index in [4.69, 9.17) is 14.2 Å². The number of benzene rings is 1. The topological polar surface area (TPSA) is 65.0 Å². The predicted molar refractivity (Wildman–Crippen MR) is 99.1 cm³/mol. The third kappa shape index (κ3) is 3.48. The zero-order valence-corrected chi connectivity index (χ0v) is 15.6. The van der Waals surface area contributed by atoms with E-state index in [-0.39, 0.29) is 11.9 Å². The van der Waals surface area contributed by atoms with Gasteiger partial charge in [0.25, 0.3) is 0 Å². The quantitative estimate of drug-likeness (QED) is 0.859. The molecule has 1 N–H and O–H groups in total. The van der Waals surface area contributed by atoms with E-state index in [1.165, 1.54) is 5.69 Å². The molecular formula is C19H25N3O4. The first kappa shape index (κ1) is 18.1. The fourth-order valence-electron chi connectivity index (χ4n) is 3.38. The number of fused-ring (bicyclic) bond motifs is 1. The first-order valence-corrected chi connectivity index (χ1v) is 8.56. The monoisotopic (exact) mass is 359 g/mol. The SMILES string of the molecule is COc1cc(NC(=O)CN2CCn3cccc3[C@H]2C)cc(OC)c1OC. The van der Waals surface area contributed by atoms with Gasteiger partial charge in [0.15, 0.2) is 11.5 Å². The lowest BCUT2D eigenvalue weighted by molar-refractivity contribution is -0.118. The number of methoxy groups -OCH3 is 3. The van der Waals surface area contributed by atoms with Crippen LogP contribution in [-0.2, 0) is 11.3 Å². The number of aromatic nitrogens is 1. The Morgan fingerprint density at radius 3 is 2.46 bits per heavy atom. The molecule has 7 heteroatoms. The second kappa shape index (κ2) is 7.70. The summed E-state index contributed by atoms with van der Waals surface area (Å²) in [6.07, 6.45) is 2.08. The Morgan fingerprint density at radius 2 is 1.85 bits per heavy atom. The Morgan fingerprint density at radius 1 is 1.15 bits per heavy atom. The Hall–Kier alpha value is -2.67. The first-order valence-electron chi connectivity index (χ1n) is 8.56. The minimum absolute atomic E-state index is 0.0777. The molecule has 0 aliphatic carbocycles. The molecule has 0 saturated carbocycles. The number of anilines is 1. The molecule has 1 atom stereocenters. The van der Waals surface area contributed by atoms with Gasteiger partial charge >= 0.3 is 0 Å². The Labute approximate surface area is 153 Å². The van der Waals surface area contributed by atoms with Gasteiger partial charge in [-0.25, -0.2) is 0 Å². The third-order valence-corrected chi connectivity index (χ3v) is 4.76. The van der Waals surface area contributed by atoms with Crippen molar-refractivity contribution in [1.82, 2.24) is 9.47 Å². The van der Waals surface area contributed by atoms with E-state index < -0.39 is 0 Å². The van der Waals surface area contributed by atoms with Crippen LogP contribution < -0.4 is 19.5 Å². The number of carbonyl (C=O) groups is 1. The minimum atomic E-state index is -0.0777. The van der Waals surface area contributed by atoms with Crippen LogP contribution in [0.5, 0.6) is 17.2 Å². The van der Waals surface area contributed by atoms with Crippen LogP contribution in [0.2, 0.25) is 0 Å². The Kier molecular flexibility index (Phi) is 5.37. The molecule has 0 spiro atoms. The van der Waals surface area contributed by atoms with Gasteiger partial charge in [-0.1, -0.05) is 0 Å². The van der Waals surface area contributed by atoms with Crippen molar-refractivity contribution in [3.05, 3.63) is 36.2 Å². The standard InChI is InChI=1S/C19H25N3O4/c1-13-15-6-5-7-21(15)8-9-22(13)12-18(23)20-14-10-16(24-2)19(26-4)17(11-14)25-3/h5-7,10-11,13H,8-9,12H2,1-4H3,(H,20,23)/t13-/m1/s1. The van der Waals surface area contributed by atoms with Gasteiger partial charge in [0, 0.05) is 48.8 Å². The van der Waals surface area contributed by atoms with E-state index in [9.17, 15) is 4.79 Å². The summed E-state index contributed by atoms with van der Waals surface area (Å²) in [5, 5.41) is 2.93. The zero-order chi connectivity index (χ0) is 18.7. The second-order valence-corrected chi connectivity index (χ2v) is 6.24. The van der Waals surface area contributed by atoms with Crippen LogP contribution in [0.4, 0.5) is 5.69 Å². The van der Waals surface area contributed by atoms with Gasteiger partial charge in [-0.05, 0) is 19.1 Å². The van der Waals surface area contributed by atoms with Gasteiger partial charge in [-0.2, -0.15) is 0 Å². The van der Waals surface area contributed by atoms with Gasteiger partial charge in [0.05, 0.1) is 27.9 Å². The minimum Gasteiger partial charge on any atom is -0.493 e. The summed E-state index contributed by atoms with van der Waals surface area (Å²) in [5.74, 6) is 1.43. The molecule has 1 aromatic carbocycles. The van der Waals surface area contributed by atoms with Crippen LogP contribution in [0.3, 0.4) is 0 Å². The number of hydrogen-bond donors (Lipinski definition) is 1. The number of carbonyl (C=O) groups excluding carboxylic acids is 1. The maximum atomic E-state index is 12.6. The van der Waals surface area contributed by atoms with E-state index in [0.717, 1.165) is 13.1 Å².